The molecule has 2 aromatic carbocycles. The van der Waals surface area contributed by atoms with Crippen molar-refractivity contribution >= 4 is 33.7 Å². The van der Waals surface area contributed by atoms with Gasteiger partial charge in [-0.15, -0.1) is 0 Å². The van der Waals surface area contributed by atoms with Gasteiger partial charge in [0.1, 0.15) is 0 Å². The lowest BCUT2D eigenvalue weighted by Gasteiger charge is -2.09. The maximum atomic E-state index is 11.8. The number of carboxylic acids is 2. The highest BCUT2D eigenvalue weighted by atomic mass is 16.4. The van der Waals surface area contributed by atoms with Crippen LogP contribution >= 0.6 is 0 Å². The van der Waals surface area contributed by atoms with Crippen LogP contribution in [0.4, 0.5) is 0 Å². The van der Waals surface area contributed by atoms with Gasteiger partial charge in [-0.2, -0.15) is 0 Å². The molecule has 3 heterocycles. The predicted octanol–water partition coefficient (Wildman–Crippen LogP) is 4.91. The summed E-state index contributed by atoms with van der Waals surface area (Å²) in [6.45, 7) is 0. The smallest absolute Gasteiger partial charge is 0.336 e. The van der Waals surface area contributed by atoms with Crippen molar-refractivity contribution in [2.45, 2.75) is 0 Å². The molecule has 0 radical (unpaired) electrons. The van der Waals surface area contributed by atoms with E-state index in [0.29, 0.717) is 44.6 Å². The molecule has 2 N–H and O–H groups in total. The van der Waals surface area contributed by atoms with E-state index in [-0.39, 0.29) is 11.1 Å². The molecule has 7 heteroatoms. The van der Waals surface area contributed by atoms with Crippen molar-refractivity contribution in [2.75, 3.05) is 0 Å². The zero-order chi connectivity index (χ0) is 22.2. The summed E-state index contributed by atoms with van der Waals surface area (Å²) in [6, 6.07) is 22.2. The predicted molar refractivity (Wildman–Crippen MR) is 120 cm³/mol. The first-order valence-electron chi connectivity index (χ1n) is 9.75. The second-order valence-corrected chi connectivity index (χ2v) is 7.16. The number of nitrogens with zero attached hydrogens (tertiary/aromatic N) is 3. The molecule has 0 atom stereocenters. The molecule has 0 fully saturated rings. The normalized spacial score (nSPS) is 11.0. The fraction of sp³-hybridized carbons (Fsp3) is 0. The van der Waals surface area contributed by atoms with Crippen molar-refractivity contribution in [1.82, 2.24) is 15.0 Å². The highest BCUT2D eigenvalue weighted by Crippen LogP contribution is 2.28. The summed E-state index contributed by atoms with van der Waals surface area (Å²) in [4.78, 5) is 37.4. The van der Waals surface area contributed by atoms with E-state index < -0.39 is 11.9 Å². The lowest BCUT2D eigenvalue weighted by molar-refractivity contribution is 0.0688. The van der Waals surface area contributed by atoms with Gasteiger partial charge in [-0.3, -0.25) is 0 Å². The van der Waals surface area contributed by atoms with Crippen LogP contribution in [0.25, 0.3) is 44.6 Å². The molecule has 0 saturated carbocycles. The third-order valence-electron chi connectivity index (χ3n) is 5.17. The van der Waals surface area contributed by atoms with Gasteiger partial charge in [-0.1, -0.05) is 42.5 Å². The van der Waals surface area contributed by atoms with E-state index >= 15 is 0 Å². The van der Waals surface area contributed by atoms with Gasteiger partial charge in [0.25, 0.3) is 0 Å². The summed E-state index contributed by atoms with van der Waals surface area (Å²) in [5.41, 5.74) is 3.09. The second kappa shape index (κ2) is 7.55. The van der Waals surface area contributed by atoms with E-state index in [1.54, 1.807) is 66.7 Å². The number of fused-ring (bicyclic) bond motifs is 2. The lowest BCUT2D eigenvalue weighted by Crippen LogP contribution is -2.02. The topological polar surface area (TPSA) is 113 Å². The largest absolute Gasteiger partial charge is 0.478 e. The first-order valence-corrected chi connectivity index (χ1v) is 9.75. The minimum Gasteiger partial charge on any atom is -0.478 e. The first-order chi connectivity index (χ1) is 15.5. The molecule has 0 amide bonds. The Bertz CT molecular complexity index is 1430. The first kappa shape index (κ1) is 19.3. The van der Waals surface area contributed by atoms with Gasteiger partial charge in [0, 0.05) is 10.8 Å². The van der Waals surface area contributed by atoms with Gasteiger partial charge in [-0.05, 0) is 36.4 Å². The molecule has 5 rings (SSSR count). The maximum Gasteiger partial charge on any atom is 0.336 e. The molecule has 0 unspecified atom stereocenters. The minimum absolute atomic E-state index is 0.134. The van der Waals surface area contributed by atoms with Crippen LogP contribution in [0.5, 0.6) is 0 Å². The molecule has 0 aliphatic heterocycles. The highest BCUT2D eigenvalue weighted by Gasteiger charge is 2.16. The van der Waals surface area contributed by atoms with Crippen LogP contribution in [0.1, 0.15) is 20.7 Å². The Morgan fingerprint density at radius 3 is 1.41 bits per heavy atom. The van der Waals surface area contributed by atoms with Gasteiger partial charge in [0.2, 0.25) is 0 Å². The number of pyridine rings is 3. The van der Waals surface area contributed by atoms with Gasteiger partial charge in [0.15, 0.2) is 0 Å². The molecule has 0 bridgehead atoms. The monoisotopic (exact) mass is 421 g/mol. The van der Waals surface area contributed by atoms with Gasteiger partial charge in [-0.25, -0.2) is 24.5 Å². The molecule has 7 nitrogen and oxygen atoms in total. The molecule has 154 valence electrons. The van der Waals surface area contributed by atoms with Crippen molar-refractivity contribution in [1.29, 1.82) is 0 Å². The summed E-state index contributed by atoms with van der Waals surface area (Å²) >= 11 is 0. The number of benzene rings is 2. The SMILES string of the molecule is O=C(O)c1cc(-c2cccc(-c3cc(C(=O)O)c4ccccc4n3)n2)nc2ccccc12. The van der Waals surface area contributed by atoms with Crippen LogP contribution in [-0.4, -0.2) is 37.1 Å². The third-order valence-corrected chi connectivity index (χ3v) is 5.17. The van der Waals surface area contributed by atoms with Gasteiger partial charge in [0.05, 0.1) is 44.9 Å². The number of hydrogen-bond donors (Lipinski definition) is 2. The quantitative estimate of drug-likeness (QED) is 0.424. The zero-order valence-electron chi connectivity index (χ0n) is 16.6. The molecule has 0 spiro atoms. The summed E-state index contributed by atoms with van der Waals surface area (Å²) in [7, 11) is 0. The van der Waals surface area contributed by atoms with E-state index in [2.05, 4.69) is 15.0 Å². The van der Waals surface area contributed by atoms with E-state index in [9.17, 15) is 19.8 Å². The number of hydrogen-bond acceptors (Lipinski definition) is 5. The molecule has 0 aliphatic rings. The lowest BCUT2D eigenvalue weighted by atomic mass is 10.1. The fourth-order valence-corrected chi connectivity index (χ4v) is 3.69. The molecule has 5 aromatic rings. The maximum absolute atomic E-state index is 11.8. The summed E-state index contributed by atoms with van der Waals surface area (Å²) in [5, 5.41) is 20.4. The number of carbonyl (C=O) groups is 2. The van der Waals surface area contributed by atoms with Gasteiger partial charge >= 0.3 is 11.9 Å². The van der Waals surface area contributed by atoms with Crippen LogP contribution in [0.2, 0.25) is 0 Å². The Morgan fingerprint density at radius 2 is 0.969 bits per heavy atom. The highest BCUT2D eigenvalue weighted by molar-refractivity contribution is 6.04. The summed E-state index contributed by atoms with van der Waals surface area (Å²) < 4.78 is 0. The number of aromatic carboxylic acids is 2. The van der Waals surface area contributed by atoms with Crippen molar-refractivity contribution in [3.63, 3.8) is 0 Å². The molecule has 0 aliphatic carbocycles. The molecule has 0 saturated heterocycles. The van der Waals surface area contributed by atoms with Crippen molar-refractivity contribution in [2.24, 2.45) is 0 Å². The summed E-state index contributed by atoms with van der Waals surface area (Å²) in [6.07, 6.45) is 0. The number of aromatic nitrogens is 3. The average Bonchev–Trinajstić information content (AvgIpc) is 2.82. The molecular formula is C25H15N3O4. The van der Waals surface area contributed by atoms with Crippen molar-refractivity contribution in [3.8, 4) is 22.8 Å². The van der Waals surface area contributed by atoms with Crippen LogP contribution < -0.4 is 0 Å². The van der Waals surface area contributed by atoms with E-state index in [4.69, 9.17) is 0 Å². The van der Waals surface area contributed by atoms with E-state index in [0.717, 1.165) is 0 Å². The minimum atomic E-state index is -1.05. The fourth-order valence-electron chi connectivity index (χ4n) is 3.69. The van der Waals surface area contributed by atoms with E-state index in [1.165, 1.54) is 12.1 Å². The second-order valence-electron chi connectivity index (χ2n) is 7.16. The zero-order valence-corrected chi connectivity index (χ0v) is 16.6. The number of para-hydroxylation sites is 2. The Hall–Kier alpha value is -4.65. The number of carboxylic acid groups (broad SMARTS) is 2. The Labute approximate surface area is 181 Å². The van der Waals surface area contributed by atoms with Crippen LogP contribution in [0.3, 0.4) is 0 Å². The molecule has 3 aromatic heterocycles. The molecule has 32 heavy (non-hydrogen) atoms. The molecular weight excluding hydrogens is 406 g/mol. The average molecular weight is 421 g/mol. The summed E-state index contributed by atoms with van der Waals surface area (Å²) in [5.74, 6) is -2.10. The number of rotatable bonds is 4. The Kier molecular flexibility index (Phi) is 4.56. The standard InChI is InChI=1S/C25H15N3O4/c29-24(30)16-12-22(26-18-8-3-1-6-14(16)18)20-10-5-11-21(28-20)23-13-17(25(31)32)15-7-2-4-9-19(15)27-23/h1-13H,(H,29,30)(H,31,32). The van der Waals surface area contributed by atoms with Crippen molar-refractivity contribution in [3.05, 3.63) is 90.0 Å². The van der Waals surface area contributed by atoms with Crippen molar-refractivity contribution < 1.29 is 19.8 Å². The third kappa shape index (κ3) is 3.31. The van der Waals surface area contributed by atoms with Crippen LogP contribution in [0, 0.1) is 0 Å². The van der Waals surface area contributed by atoms with Crippen LogP contribution in [0.15, 0.2) is 78.9 Å². The van der Waals surface area contributed by atoms with Crippen LogP contribution in [-0.2, 0) is 0 Å². The van der Waals surface area contributed by atoms with Gasteiger partial charge < -0.3 is 10.2 Å². The Morgan fingerprint density at radius 1 is 0.531 bits per heavy atom. The Balaban J connectivity index is 1.68. The van der Waals surface area contributed by atoms with E-state index in [1.807, 2.05) is 0 Å².